The van der Waals surface area contributed by atoms with Crippen LogP contribution in [0.2, 0.25) is 0 Å². The van der Waals surface area contributed by atoms with Crippen LogP contribution in [0.4, 0.5) is 0 Å². The number of para-hydroxylation sites is 1. The van der Waals surface area contributed by atoms with Gasteiger partial charge >= 0.3 is 0 Å². The molecule has 24 heavy (non-hydrogen) atoms. The third kappa shape index (κ3) is 4.03. The molecule has 2 aromatic rings. The summed E-state index contributed by atoms with van der Waals surface area (Å²) in [5.41, 5.74) is 3.42. The van der Waals surface area contributed by atoms with E-state index in [0.717, 1.165) is 29.1 Å². The van der Waals surface area contributed by atoms with Crippen molar-refractivity contribution in [2.24, 2.45) is 0 Å². The van der Waals surface area contributed by atoms with Gasteiger partial charge in [-0.3, -0.25) is 4.79 Å². The molecule has 5 heteroatoms. The number of carbonyl (C=O) groups is 1. The Labute approximate surface area is 143 Å². The highest BCUT2D eigenvalue weighted by Gasteiger charge is 2.25. The molecule has 0 aliphatic rings. The van der Waals surface area contributed by atoms with Crippen LogP contribution in [-0.2, 0) is 11.2 Å². The largest absolute Gasteiger partial charge is 0.396 e. The van der Waals surface area contributed by atoms with Gasteiger partial charge in [0.05, 0.1) is 17.8 Å². The average molecular weight is 329 g/mol. The van der Waals surface area contributed by atoms with Gasteiger partial charge in [-0.15, -0.1) is 0 Å². The minimum atomic E-state index is -0.372. The Balaban J connectivity index is 2.19. The zero-order valence-corrected chi connectivity index (χ0v) is 15.0. The van der Waals surface area contributed by atoms with Gasteiger partial charge in [0.2, 0.25) is 5.91 Å². The number of nitrogens with zero attached hydrogens (tertiary/aromatic N) is 2. The van der Waals surface area contributed by atoms with E-state index in [-0.39, 0.29) is 18.1 Å². The van der Waals surface area contributed by atoms with Gasteiger partial charge in [0.15, 0.2) is 0 Å². The molecule has 1 amide bonds. The number of carbonyl (C=O) groups excluding carboxylic acids is 1. The maximum atomic E-state index is 12.5. The fourth-order valence-electron chi connectivity index (χ4n) is 2.87. The van der Waals surface area contributed by atoms with Crippen LogP contribution in [0.25, 0.3) is 5.69 Å². The predicted octanol–water partition coefficient (Wildman–Crippen LogP) is 2.70. The Kier molecular flexibility index (Phi) is 5.78. The van der Waals surface area contributed by atoms with Gasteiger partial charge in [0, 0.05) is 23.4 Å². The van der Waals surface area contributed by atoms with E-state index >= 15 is 0 Å². The molecule has 0 radical (unpaired) electrons. The lowest BCUT2D eigenvalue weighted by atomic mass is 9.94. The number of aromatic nitrogens is 2. The van der Waals surface area contributed by atoms with E-state index < -0.39 is 0 Å². The summed E-state index contributed by atoms with van der Waals surface area (Å²) in [6, 6.07) is 9.91. The third-order valence-corrected chi connectivity index (χ3v) is 4.66. The lowest BCUT2D eigenvalue weighted by molar-refractivity contribution is -0.122. The Morgan fingerprint density at radius 3 is 2.54 bits per heavy atom. The van der Waals surface area contributed by atoms with E-state index in [0.29, 0.717) is 12.8 Å². The molecule has 1 heterocycles. The average Bonchev–Trinajstić information content (AvgIpc) is 2.84. The highest BCUT2D eigenvalue weighted by atomic mass is 16.3. The molecule has 5 nitrogen and oxygen atoms in total. The van der Waals surface area contributed by atoms with Gasteiger partial charge in [-0.25, -0.2) is 4.68 Å². The van der Waals surface area contributed by atoms with E-state index in [4.69, 9.17) is 0 Å². The summed E-state index contributed by atoms with van der Waals surface area (Å²) in [6.07, 6.45) is 1.63. The monoisotopic (exact) mass is 329 g/mol. The van der Waals surface area contributed by atoms with Gasteiger partial charge < -0.3 is 10.4 Å². The van der Waals surface area contributed by atoms with Crippen molar-refractivity contribution in [1.82, 2.24) is 15.1 Å². The summed E-state index contributed by atoms with van der Waals surface area (Å²) in [5, 5.41) is 16.8. The molecular weight excluding hydrogens is 302 g/mol. The van der Waals surface area contributed by atoms with Crippen LogP contribution in [0.5, 0.6) is 0 Å². The zero-order chi connectivity index (χ0) is 17.7. The maximum absolute atomic E-state index is 12.5. The van der Waals surface area contributed by atoms with Crippen molar-refractivity contribution in [2.45, 2.75) is 52.5 Å². The number of aliphatic hydroxyl groups is 1. The van der Waals surface area contributed by atoms with Crippen LogP contribution in [0, 0.1) is 13.8 Å². The number of aryl methyl sites for hydroxylation is 1. The Bertz CT molecular complexity index is 694. The van der Waals surface area contributed by atoms with E-state index in [2.05, 4.69) is 10.4 Å². The molecule has 0 aliphatic heterocycles. The van der Waals surface area contributed by atoms with Crippen molar-refractivity contribution in [3.63, 3.8) is 0 Å². The number of rotatable bonds is 7. The van der Waals surface area contributed by atoms with Crippen LogP contribution in [0.1, 0.15) is 43.6 Å². The number of benzene rings is 1. The fourth-order valence-corrected chi connectivity index (χ4v) is 2.87. The minimum absolute atomic E-state index is 0.0355. The third-order valence-electron chi connectivity index (χ3n) is 4.66. The van der Waals surface area contributed by atoms with Crippen molar-refractivity contribution < 1.29 is 9.90 Å². The first kappa shape index (κ1) is 18.2. The molecule has 1 aromatic carbocycles. The van der Waals surface area contributed by atoms with Gasteiger partial charge in [-0.05, 0) is 45.7 Å². The number of amides is 1. The first-order chi connectivity index (χ1) is 11.4. The minimum Gasteiger partial charge on any atom is -0.396 e. The first-order valence-electron chi connectivity index (χ1n) is 8.42. The molecule has 2 N–H and O–H groups in total. The number of aliphatic hydroxyl groups excluding tert-OH is 1. The standard InChI is InChI=1S/C19H27N3O2/c1-5-19(4,11-12-23)20-18(24)13-17-14(2)21-22(15(17)3)16-9-7-6-8-10-16/h6-10,23H,5,11-13H2,1-4H3,(H,20,24). The number of hydrogen-bond donors (Lipinski definition) is 2. The second kappa shape index (κ2) is 7.62. The lowest BCUT2D eigenvalue weighted by Crippen LogP contribution is -2.46. The molecule has 0 bridgehead atoms. The maximum Gasteiger partial charge on any atom is 0.224 e. The summed E-state index contributed by atoms with van der Waals surface area (Å²) >= 11 is 0. The Morgan fingerprint density at radius 1 is 1.29 bits per heavy atom. The van der Waals surface area contributed by atoms with Crippen LogP contribution < -0.4 is 5.32 Å². The van der Waals surface area contributed by atoms with E-state index in [1.165, 1.54) is 0 Å². The highest BCUT2D eigenvalue weighted by Crippen LogP contribution is 2.19. The van der Waals surface area contributed by atoms with Gasteiger partial charge in [0.25, 0.3) is 0 Å². The highest BCUT2D eigenvalue weighted by molar-refractivity contribution is 5.80. The lowest BCUT2D eigenvalue weighted by Gasteiger charge is -2.29. The van der Waals surface area contributed by atoms with Crippen molar-refractivity contribution in [1.29, 1.82) is 0 Å². The molecule has 1 atom stereocenters. The van der Waals surface area contributed by atoms with E-state index in [1.54, 1.807) is 0 Å². The van der Waals surface area contributed by atoms with Gasteiger partial charge in [-0.1, -0.05) is 25.1 Å². The molecular formula is C19H27N3O2. The van der Waals surface area contributed by atoms with Crippen molar-refractivity contribution in [2.75, 3.05) is 6.61 Å². The fraction of sp³-hybridized carbons (Fsp3) is 0.474. The normalized spacial score (nSPS) is 13.5. The molecule has 0 aliphatic carbocycles. The van der Waals surface area contributed by atoms with Crippen LogP contribution in [0.15, 0.2) is 30.3 Å². The SMILES string of the molecule is CCC(C)(CCO)NC(=O)Cc1c(C)nn(-c2ccccc2)c1C. The smallest absolute Gasteiger partial charge is 0.224 e. The van der Waals surface area contributed by atoms with Gasteiger partial charge in [0.1, 0.15) is 0 Å². The number of hydrogen-bond acceptors (Lipinski definition) is 3. The van der Waals surface area contributed by atoms with E-state index in [1.807, 2.05) is 62.7 Å². The quantitative estimate of drug-likeness (QED) is 0.821. The van der Waals surface area contributed by atoms with Crippen LogP contribution >= 0.6 is 0 Å². The summed E-state index contributed by atoms with van der Waals surface area (Å²) in [6.45, 7) is 7.97. The van der Waals surface area contributed by atoms with Crippen molar-refractivity contribution in [3.05, 3.63) is 47.3 Å². The topological polar surface area (TPSA) is 67.2 Å². The van der Waals surface area contributed by atoms with E-state index in [9.17, 15) is 9.90 Å². The molecule has 1 aromatic heterocycles. The molecule has 0 saturated carbocycles. The van der Waals surface area contributed by atoms with Crippen LogP contribution in [-0.4, -0.2) is 32.9 Å². The summed E-state index contributed by atoms with van der Waals surface area (Å²) < 4.78 is 1.88. The first-order valence-corrected chi connectivity index (χ1v) is 8.42. The molecule has 1 unspecified atom stereocenters. The molecule has 0 saturated heterocycles. The van der Waals surface area contributed by atoms with Crippen molar-refractivity contribution in [3.8, 4) is 5.69 Å². The molecule has 0 spiro atoms. The Hall–Kier alpha value is -2.14. The zero-order valence-electron chi connectivity index (χ0n) is 15.0. The molecule has 130 valence electrons. The van der Waals surface area contributed by atoms with Crippen LogP contribution in [0.3, 0.4) is 0 Å². The summed E-state index contributed by atoms with van der Waals surface area (Å²) in [4.78, 5) is 12.5. The second-order valence-corrected chi connectivity index (χ2v) is 6.51. The predicted molar refractivity (Wildman–Crippen MR) is 95.3 cm³/mol. The summed E-state index contributed by atoms with van der Waals surface area (Å²) in [5.74, 6) is -0.0355. The number of nitrogens with one attached hydrogen (secondary N) is 1. The summed E-state index contributed by atoms with van der Waals surface area (Å²) in [7, 11) is 0. The van der Waals surface area contributed by atoms with Crippen molar-refractivity contribution >= 4 is 5.91 Å². The second-order valence-electron chi connectivity index (χ2n) is 6.51. The molecule has 2 rings (SSSR count). The Morgan fingerprint density at radius 2 is 1.96 bits per heavy atom. The van der Waals surface area contributed by atoms with Gasteiger partial charge in [-0.2, -0.15) is 5.10 Å². The molecule has 0 fully saturated rings.